The monoisotopic (exact) mass is 260 g/mol. The highest BCUT2D eigenvalue weighted by molar-refractivity contribution is 5.14. The van der Waals surface area contributed by atoms with E-state index in [1.54, 1.807) is 0 Å². The topological polar surface area (TPSA) is 15.3 Å². The lowest BCUT2D eigenvalue weighted by atomic mass is 9.94. The normalized spacial score (nSPS) is 26.3. The van der Waals surface area contributed by atoms with Gasteiger partial charge in [-0.25, -0.2) is 0 Å². The Morgan fingerprint density at radius 3 is 2.74 bits per heavy atom. The number of rotatable bonds is 5. The van der Waals surface area contributed by atoms with E-state index in [0.717, 1.165) is 6.54 Å². The van der Waals surface area contributed by atoms with Crippen molar-refractivity contribution in [3.05, 3.63) is 35.9 Å². The number of hydrogen-bond donors (Lipinski definition) is 1. The van der Waals surface area contributed by atoms with Gasteiger partial charge >= 0.3 is 0 Å². The third-order valence-electron chi connectivity index (χ3n) is 4.60. The molecule has 0 spiro atoms. The molecule has 2 nitrogen and oxygen atoms in total. The Hall–Kier alpha value is -0.860. The maximum Gasteiger partial charge on any atom is 0.0278 e. The summed E-state index contributed by atoms with van der Waals surface area (Å²) in [7, 11) is 0. The molecule has 2 heteroatoms. The van der Waals surface area contributed by atoms with Crippen LogP contribution in [0.1, 0.15) is 39.2 Å². The molecule has 1 aromatic rings. The molecule has 1 aliphatic rings. The summed E-state index contributed by atoms with van der Waals surface area (Å²) >= 11 is 0. The first kappa shape index (κ1) is 14.5. The third kappa shape index (κ3) is 4.05. The van der Waals surface area contributed by atoms with Gasteiger partial charge in [-0.05, 0) is 38.7 Å². The fourth-order valence-electron chi connectivity index (χ4n) is 2.90. The van der Waals surface area contributed by atoms with Crippen LogP contribution in [0.25, 0.3) is 0 Å². The molecule has 1 saturated heterocycles. The molecular formula is C17H28N2. The molecule has 0 amide bonds. The number of hydrogen-bond acceptors (Lipinski definition) is 2. The second-order valence-electron chi connectivity index (χ2n) is 6.18. The molecular weight excluding hydrogens is 232 g/mol. The first-order valence-corrected chi connectivity index (χ1v) is 7.66. The maximum atomic E-state index is 3.66. The predicted octanol–water partition coefficient (Wildman–Crippen LogP) is 3.08. The van der Waals surface area contributed by atoms with Crippen LogP contribution >= 0.6 is 0 Å². The van der Waals surface area contributed by atoms with Crippen LogP contribution in [0.15, 0.2) is 30.3 Å². The molecule has 2 rings (SSSR count). The molecule has 1 fully saturated rings. The summed E-state index contributed by atoms with van der Waals surface area (Å²) < 4.78 is 0. The molecule has 1 aliphatic heterocycles. The number of aryl methyl sites for hydroxylation is 1. The van der Waals surface area contributed by atoms with Crippen LogP contribution in [0.3, 0.4) is 0 Å². The molecule has 2 unspecified atom stereocenters. The van der Waals surface area contributed by atoms with Crippen LogP contribution in [0, 0.1) is 0 Å². The molecule has 2 atom stereocenters. The standard InChI is InChI=1S/C17H28N2/c1-4-17(3)14-19(13-12-18-17)15(2)10-11-16-8-6-5-7-9-16/h5-9,15,18H,4,10-14H2,1-3H3. The average molecular weight is 260 g/mol. The summed E-state index contributed by atoms with van der Waals surface area (Å²) in [5.41, 5.74) is 1.77. The Bertz CT molecular complexity index is 376. The first-order valence-electron chi connectivity index (χ1n) is 7.66. The summed E-state index contributed by atoms with van der Waals surface area (Å²) in [6, 6.07) is 11.5. The highest BCUT2D eigenvalue weighted by Gasteiger charge is 2.30. The van der Waals surface area contributed by atoms with Crippen molar-refractivity contribution in [3.8, 4) is 0 Å². The molecule has 1 heterocycles. The summed E-state index contributed by atoms with van der Waals surface area (Å²) in [6.07, 6.45) is 3.65. The molecule has 19 heavy (non-hydrogen) atoms. The summed E-state index contributed by atoms with van der Waals surface area (Å²) in [6.45, 7) is 10.5. The van der Waals surface area contributed by atoms with Crippen molar-refractivity contribution in [2.75, 3.05) is 19.6 Å². The van der Waals surface area contributed by atoms with E-state index >= 15 is 0 Å². The van der Waals surface area contributed by atoms with Gasteiger partial charge in [0.05, 0.1) is 0 Å². The van der Waals surface area contributed by atoms with Crippen molar-refractivity contribution < 1.29 is 0 Å². The number of benzene rings is 1. The van der Waals surface area contributed by atoms with Gasteiger partial charge in [-0.2, -0.15) is 0 Å². The van der Waals surface area contributed by atoms with Crippen molar-refractivity contribution in [3.63, 3.8) is 0 Å². The zero-order valence-corrected chi connectivity index (χ0v) is 12.7. The van der Waals surface area contributed by atoms with Crippen LogP contribution in [0.5, 0.6) is 0 Å². The summed E-state index contributed by atoms with van der Waals surface area (Å²) in [4.78, 5) is 2.66. The average Bonchev–Trinajstić information content (AvgIpc) is 2.46. The molecule has 0 radical (unpaired) electrons. The van der Waals surface area contributed by atoms with Gasteiger partial charge in [-0.15, -0.1) is 0 Å². The lowest BCUT2D eigenvalue weighted by Crippen LogP contribution is -2.60. The van der Waals surface area contributed by atoms with Crippen LogP contribution < -0.4 is 5.32 Å². The van der Waals surface area contributed by atoms with Crippen molar-refractivity contribution in [2.45, 2.75) is 51.6 Å². The Balaban J connectivity index is 1.84. The fourth-order valence-corrected chi connectivity index (χ4v) is 2.90. The van der Waals surface area contributed by atoms with Gasteiger partial charge in [-0.3, -0.25) is 4.90 Å². The Morgan fingerprint density at radius 2 is 2.05 bits per heavy atom. The van der Waals surface area contributed by atoms with Crippen LogP contribution in [0.4, 0.5) is 0 Å². The Kier molecular flexibility index (Phi) is 5.00. The van der Waals surface area contributed by atoms with E-state index < -0.39 is 0 Å². The number of piperazine rings is 1. The van der Waals surface area contributed by atoms with Crippen molar-refractivity contribution >= 4 is 0 Å². The van der Waals surface area contributed by atoms with E-state index in [2.05, 4.69) is 61.3 Å². The molecule has 1 aromatic carbocycles. The number of nitrogens with one attached hydrogen (secondary N) is 1. The largest absolute Gasteiger partial charge is 0.309 e. The van der Waals surface area contributed by atoms with Gasteiger partial charge in [-0.1, -0.05) is 37.3 Å². The summed E-state index contributed by atoms with van der Waals surface area (Å²) in [5.74, 6) is 0. The van der Waals surface area contributed by atoms with Crippen LogP contribution in [0.2, 0.25) is 0 Å². The quantitative estimate of drug-likeness (QED) is 0.875. The zero-order chi connectivity index (χ0) is 13.7. The second kappa shape index (κ2) is 6.53. The van der Waals surface area contributed by atoms with Gasteiger partial charge in [0.15, 0.2) is 0 Å². The highest BCUT2D eigenvalue weighted by Crippen LogP contribution is 2.19. The lowest BCUT2D eigenvalue weighted by molar-refractivity contribution is 0.101. The predicted molar refractivity (Wildman–Crippen MR) is 82.5 cm³/mol. The van der Waals surface area contributed by atoms with Crippen molar-refractivity contribution in [2.24, 2.45) is 0 Å². The van der Waals surface area contributed by atoms with Gasteiger partial charge in [0.25, 0.3) is 0 Å². The van der Waals surface area contributed by atoms with E-state index in [1.807, 2.05) is 0 Å². The van der Waals surface area contributed by atoms with Crippen LogP contribution in [-0.4, -0.2) is 36.1 Å². The smallest absolute Gasteiger partial charge is 0.0278 e. The maximum absolute atomic E-state index is 3.66. The Labute approximate surface area is 118 Å². The summed E-state index contributed by atoms with van der Waals surface area (Å²) in [5, 5.41) is 3.66. The van der Waals surface area contributed by atoms with Crippen molar-refractivity contribution in [1.29, 1.82) is 0 Å². The van der Waals surface area contributed by atoms with Gasteiger partial charge in [0.1, 0.15) is 0 Å². The van der Waals surface area contributed by atoms with Crippen LogP contribution in [-0.2, 0) is 6.42 Å². The zero-order valence-electron chi connectivity index (χ0n) is 12.7. The minimum Gasteiger partial charge on any atom is -0.309 e. The molecule has 0 aliphatic carbocycles. The minimum absolute atomic E-state index is 0.305. The SMILES string of the molecule is CCC1(C)CN(C(C)CCc2ccccc2)CCN1. The third-order valence-corrected chi connectivity index (χ3v) is 4.60. The molecule has 0 saturated carbocycles. The van der Waals surface area contributed by atoms with Crippen molar-refractivity contribution in [1.82, 2.24) is 10.2 Å². The number of nitrogens with zero attached hydrogens (tertiary/aromatic N) is 1. The first-order chi connectivity index (χ1) is 9.13. The van der Waals surface area contributed by atoms with E-state index in [1.165, 1.54) is 37.9 Å². The molecule has 106 valence electrons. The van der Waals surface area contributed by atoms with E-state index in [0.29, 0.717) is 11.6 Å². The van der Waals surface area contributed by atoms with E-state index in [-0.39, 0.29) is 0 Å². The molecule has 0 bridgehead atoms. The molecule has 0 aromatic heterocycles. The fraction of sp³-hybridized carbons (Fsp3) is 0.647. The van der Waals surface area contributed by atoms with E-state index in [9.17, 15) is 0 Å². The van der Waals surface area contributed by atoms with Gasteiger partial charge in [0.2, 0.25) is 0 Å². The highest BCUT2D eigenvalue weighted by atomic mass is 15.2. The van der Waals surface area contributed by atoms with Gasteiger partial charge < -0.3 is 5.32 Å². The Morgan fingerprint density at radius 1 is 1.32 bits per heavy atom. The van der Waals surface area contributed by atoms with Gasteiger partial charge in [0, 0.05) is 31.2 Å². The van der Waals surface area contributed by atoms with E-state index in [4.69, 9.17) is 0 Å². The lowest BCUT2D eigenvalue weighted by Gasteiger charge is -2.43. The second-order valence-corrected chi connectivity index (χ2v) is 6.18. The minimum atomic E-state index is 0.305. The molecule has 1 N–H and O–H groups in total.